The number of hydrogen-bond donors (Lipinski definition) is 1. The number of benzene rings is 1. The van der Waals surface area contributed by atoms with Crippen molar-refractivity contribution in [1.29, 1.82) is 0 Å². The van der Waals surface area contributed by atoms with E-state index in [4.69, 9.17) is 23.2 Å². The molecule has 2 saturated heterocycles. The Labute approximate surface area is 118 Å². The first-order chi connectivity index (χ1) is 8.74. The Kier molecular flexibility index (Phi) is 3.81. The van der Waals surface area contributed by atoms with Gasteiger partial charge in [0.15, 0.2) is 0 Å². The molecule has 0 bridgehead atoms. The molecule has 1 N–H and O–H groups in total. The Morgan fingerprint density at radius 1 is 1.22 bits per heavy atom. The van der Waals surface area contributed by atoms with Gasteiger partial charge in [0.1, 0.15) is 0 Å². The summed E-state index contributed by atoms with van der Waals surface area (Å²) in [6, 6.07) is 7.02. The molecule has 2 aliphatic rings. The maximum Gasteiger partial charge on any atom is 0.0451 e. The van der Waals surface area contributed by atoms with Gasteiger partial charge in [-0.3, -0.25) is 4.90 Å². The minimum atomic E-state index is 0.613. The third-order valence-electron chi connectivity index (χ3n) is 4.17. The van der Waals surface area contributed by atoms with Gasteiger partial charge in [0.25, 0.3) is 0 Å². The molecule has 1 aromatic carbocycles. The SMILES string of the molecule is Clc1ccc(Cl)c(CNC2CCN3CCCC23)c1. The lowest BCUT2D eigenvalue weighted by Crippen LogP contribution is -2.38. The summed E-state index contributed by atoms with van der Waals surface area (Å²) >= 11 is 12.2. The van der Waals surface area contributed by atoms with Gasteiger partial charge in [0.2, 0.25) is 0 Å². The highest BCUT2D eigenvalue weighted by atomic mass is 35.5. The summed E-state index contributed by atoms with van der Waals surface area (Å²) in [5.74, 6) is 0. The molecule has 1 aromatic rings. The summed E-state index contributed by atoms with van der Waals surface area (Å²) in [6.45, 7) is 3.33. The van der Waals surface area contributed by atoms with Crippen LogP contribution in [0, 0.1) is 0 Å². The largest absolute Gasteiger partial charge is 0.308 e. The van der Waals surface area contributed by atoms with E-state index in [1.807, 2.05) is 18.2 Å². The zero-order valence-electron chi connectivity index (χ0n) is 10.3. The van der Waals surface area contributed by atoms with Crippen LogP contribution in [0.5, 0.6) is 0 Å². The fourth-order valence-electron chi connectivity index (χ4n) is 3.24. The highest BCUT2D eigenvalue weighted by Gasteiger charge is 2.36. The molecule has 0 aromatic heterocycles. The van der Waals surface area contributed by atoms with Gasteiger partial charge in [-0.1, -0.05) is 23.2 Å². The monoisotopic (exact) mass is 284 g/mol. The molecule has 2 nitrogen and oxygen atoms in total. The second-order valence-electron chi connectivity index (χ2n) is 5.26. The summed E-state index contributed by atoms with van der Waals surface area (Å²) < 4.78 is 0. The van der Waals surface area contributed by atoms with Crippen LogP contribution in [0.1, 0.15) is 24.8 Å². The molecule has 0 spiro atoms. The van der Waals surface area contributed by atoms with Gasteiger partial charge < -0.3 is 5.32 Å². The van der Waals surface area contributed by atoms with Crippen LogP contribution in [-0.4, -0.2) is 30.1 Å². The van der Waals surface area contributed by atoms with Crippen molar-refractivity contribution in [3.8, 4) is 0 Å². The van der Waals surface area contributed by atoms with Gasteiger partial charge in [0.05, 0.1) is 0 Å². The fraction of sp³-hybridized carbons (Fsp3) is 0.571. The Bertz CT molecular complexity index is 436. The first-order valence-corrected chi connectivity index (χ1v) is 7.41. The fourth-order valence-corrected chi connectivity index (χ4v) is 3.62. The zero-order valence-corrected chi connectivity index (χ0v) is 11.8. The van der Waals surface area contributed by atoms with Crippen molar-refractivity contribution in [2.75, 3.05) is 13.1 Å². The average Bonchev–Trinajstić information content (AvgIpc) is 2.93. The molecule has 0 saturated carbocycles. The maximum absolute atomic E-state index is 6.18. The molecule has 2 heterocycles. The van der Waals surface area contributed by atoms with Crippen molar-refractivity contribution < 1.29 is 0 Å². The normalized spacial score (nSPS) is 27.7. The number of fused-ring (bicyclic) bond motifs is 1. The van der Waals surface area contributed by atoms with Crippen LogP contribution >= 0.6 is 23.2 Å². The minimum absolute atomic E-state index is 0.613. The molecule has 2 unspecified atom stereocenters. The lowest BCUT2D eigenvalue weighted by Gasteiger charge is -2.21. The standard InChI is InChI=1S/C14H18Cl2N2/c15-11-3-4-12(16)10(8-11)9-17-13-5-7-18-6-1-2-14(13)18/h3-4,8,13-14,17H,1-2,5-7,9H2. The Morgan fingerprint density at radius 2 is 2.11 bits per heavy atom. The van der Waals surface area contributed by atoms with Gasteiger partial charge in [-0.25, -0.2) is 0 Å². The van der Waals surface area contributed by atoms with E-state index in [2.05, 4.69) is 10.2 Å². The predicted molar refractivity (Wildman–Crippen MR) is 76.3 cm³/mol. The summed E-state index contributed by atoms with van der Waals surface area (Å²) in [6.07, 6.45) is 3.94. The number of hydrogen-bond acceptors (Lipinski definition) is 2. The molecule has 2 fully saturated rings. The molecule has 0 radical (unpaired) electrons. The van der Waals surface area contributed by atoms with Crippen molar-refractivity contribution in [2.24, 2.45) is 0 Å². The van der Waals surface area contributed by atoms with Crippen LogP contribution in [0.25, 0.3) is 0 Å². The first-order valence-electron chi connectivity index (χ1n) is 6.65. The van der Waals surface area contributed by atoms with E-state index < -0.39 is 0 Å². The Morgan fingerprint density at radius 3 is 3.00 bits per heavy atom. The van der Waals surface area contributed by atoms with Gasteiger partial charge in [-0.05, 0) is 49.6 Å². The van der Waals surface area contributed by atoms with Crippen LogP contribution in [0.15, 0.2) is 18.2 Å². The summed E-state index contributed by atoms with van der Waals surface area (Å²) in [5, 5.41) is 5.21. The minimum Gasteiger partial charge on any atom is -0.308 e. The predicted octanol–water partition coefficient (Wildman–Crippen LogP) is 3.32. The van der Waals surface area contributed by atoms with Crippen LogP contribution in [-0.2, 0) is 6.54 Å². The number of halogens is 2. The molecule has 0 amide bonds. The van der Waals surface area contributed by atoms with Crippen molar-refractivity contribution in [1.82, 2.24) is 10.2 Å². The highest BCUT2D eigenvalue weighted by Crippen LogP contribution is 2.28. The van der Waals surface area contributed by atoms with E-state index in [9.17, 15) is 0 Å². The van der Waals surface area contributed by atoms with E-state index in [-0.39, 0.29) is 0 Å². The second kappa shape index (κ2) is 5.38. The van der Waals surface area contributed by atoms with E-state index >= 15 is 0 Å². The lowest BCUT2D eigenvalue weighted by atomic mass is 10.1. The van der Waals surface area contributed by atoms with Gasteiger partial charge in [0, 0.05) is 35.2 Å². The Hall–Kier alpha value is -0.280. The average molecular weight is 285 g/mol. The van der Waals surface area contributed by atoms with Crippen LogP contribution in [0.3, 0.4) is 0 Å². The Balaban J connectivity index is 1.62. The summed E-state index contributed by atoms with van der Waals surface area (Å²) in [4.78, 5) is 2.61. The van der Waals surface area contributed by atoms with Crippen molar-refractivity contribution in [3.63, 3.8) is 0 Å². The summed E-state index contributed by atoms with van der Waals surface area (Å²) in [7, 11) is 0. The maximum atomic E-state index is 6.18. The van der Waals surface area contributed by atoms with E-state index in [1.54, 1.807) is 0 Å². The molecule has 18 heavy (non-hydrogen) atoms. The van der Waals surface area contributed by atoms with Gasteiger partial charge in [-0.15, -0.1) is 0 Å². The second-order valence-corrected chi connectivity index (χ2v) is 6.10. The molecule has 98 valence electrons. The first kappa shape index (κ1) is 12.7. The van der Waals surface area contributed by atoms with Crippen molar-refractivity contribution in [3.05, 3.63) is 33.8 Å². The molecule has 3 rings (SSSR count). The van der Waals surface area contributed by atoms with Crippen LogP contribution in [0.2, 0.25) is 10.0 Å². The van der Waals surface area contributed by atoms with Crippen LogP contribution < -0.4 is 5.32 Å². The summed E-state index contributed by atoms with van der Waals surface area (Å²) in [5.41, 5.74) is 1.10. The number of rotatable bonds is 3. The molecule has 2 atom stereocenters. The quantitative estimate of drug-likeness (QED) is 0.916. The van der Waals surface area contributed by atoms with Crippen molar-refractivity contribution >= 4 is 23.2 Å². The molecule has 0 aliphatic carbocycles. The topological polar surface area (TPSA) is 15.3 Å². The van der Waals surface area contributed by atoms with E-state index in [0.29, 0.717) is 6.04 Å². The molecular weight excluding hydrogens is 267 g/mol. The molecule has 4 heteroatoms. The van der Waals surface area contributed by atoms with E-state index in [1.165, 1.54) is 32.4 Å². The van der Waals surface area contributed by atoms with Crippen LogP contribution in [0.4, 0.5) is 0 Å². The number of nitrogens with zero attached hydrogens (tertiary/aromatic N) is 1. The van der Waals surface area contributed by atoms with Crippen molar-refractivity contribution in [2.45, 2.75) is 37.9 Å². The third-order valence-corrected chi connectivity index (χ3v) is 4.77. The van der Waals surface area contributed by atoms with E-state index in [0.717, 1.165) is 28.2 Å². The lowest BCUT2D eigenvalue weighted by molar-refractivity contribution is 0.298. The number of nitrogens with one attached hydrogen (secondary N) is 1. The van der Waals surface area contributed by atoms with Gasteiger partial charge >= 0.3 is 0 Å². The smallest absolute Gasteiger partial charge is 0.0451 e. The molecule has 2 aliphatic heterocycles. The zero-order chi connectivity index (χ0) is 12.5. The highest BCUT2D eigenvalue weighted by molar-refractivity contribution is 6.33. The third kappa shape index (κ3) is 2.53. The van der Waals surface area contributed by atoms with Gasteiger partial charge in [-0.2, -0.15) is 0 Å². The molecular formula is C14H18Cl2N2.